The molecule has 3 atom stereocenters. The molecule has 0 spiro atoms. The highest BCUT2D eigenvalue weighted by Gasteiger charge is 2.37. The van der Waals surface area contributed by atoms with Crippen LogP contribution in [0.3, 0.4) is 0 Å². The van der Waals surface area contributed by atoms with Gasteiger partial charge >= 0.3 is 0 Å². The molecule has 1 N–H and O–H groups in total. The number of nitrogens with zero attached hydrogens (tertiary/aromatic N) is 1. The molecule has 4 rings (SSSR count). The summed E-state index contributed by atoms with van der Waals surface area (Å²) in [6, 6.07) is 6.59. The Morgan fingerprint density at radius 1 is 1.21 bits per heavy atom. The van der Waals surface area contributed by atoms with Gasteiger partial charge in [-0.25, -0.2) is 17.5 Å². The summed E-state index contributed by atoms with van der Waals surface area (Å²) >= 11 is 0. The smallest absolute Gasteiger partial charge is 0.228 e. The molecular formula is C24H35FN2O5S. The summed E-state index contributed by atoms with van der Waals surface area (Å²) in [6.07, 6.45) is 6.25. The van der Waals surface area contributed by atoms with E-state index < -0.39 is 10.0 Å². The van der Waals surface area contributed by atoms with Gasteiger partial charge in [-0.15, -0.1) is 0 Å². The minimum Gasteiger partial charge on any atom is -0.381 e. The molecule has 0 aromatic heterocycles. The van der Waals surface area contributed by atoms with E-state index in [9.17, 15) is 17.6 Å². The summed E-state index contributed by atoms with van der Waals surface area (Å²) in [7, 11) is -3.35. The topological polar surface area (TPSA) is 84.9 Å². The molecule has 9 heteroatoms. The van der Waals surface area contributed by atoms with Crippen molar-refractivity contribution in [2.75, 3.05) is 39.2 Å². The first-order valence-corrected chi connectivity index (χ1v) is 13.9. The fourth-order valence-corrected chi connectivity index (χ4v) is 6.26. The lowest BCUT2D eigenvalue weighted by atomic mass is 9.82. The average Bonchev–Trinajstić information content (AvgIpc) is 3.32. The predicted octanol–water partition coefficient (Wildman–Crippen LogP) is 2.67. The van der Waals surface area contributed by atoms with E-state index in [4.69, 9.17) is 9.47 Å². The summed E-state index contributed by atoms with van der Waals surface area (Å²) in [5, 5.41) is 0. The monoisotopic (exact) mass is 482 g/mol. The standard InChI is InChI=1S/C24H35FN2O5S/c1-33(29,30)26-23-9-11-27(24(28)19-10-12-31-15-19)14-20(23)16-32-22-7-5-17(6-8-22)18-3-2-4-21(25)13-18/h2-4,13,17,19-20,22-23,26H,5-12,14-16H2,1H3/t17?,19-,20?,22?,23?/m1/s1. The number of amides is 1. The zero-order valence-corrected chi connectivity index (χ0v) is 20.1. The summed E-state index contributed by atoms with van der Waals surface area (Å²) in [4.78, 5) is 14.7. The van der Waals surface area contributed by atoms with E-state index in [0.29, 0.717) is 45.2 Å². The van der Waals surface area contributed by atoms with E-state index in [2.05, 4.69) is 4.72 Å². The maximum absolute atomic E-state index is 13.6. The van der Waals surface area contributed by atoms with E-state index >= 15 is 0 Å². The van der Waals surface area contributed by atoms with Crippen LogP contribution < -0.4 is 4.72 Å². The van der Waals surface area contributed by atoms with Gasteiger partial charge in [-0.1, -0.05) is 12.1 Å². The van der Waals surface area contributed by atoms with Crippen molar-refractivity contribution in [2.45, 2.75) is 56.6 Å². The van der Waals surface area contributed by atoms with Crippen molar-refractivity contribution in [2.24, 2.45) is 11.8 Å². The van der Waals surface area contributed by atoms with Crippen molar-refractivity contribution >= 4 is 15.9 Å². The fraction of sp³-hybridized carbons (Fsp3) is 0.708. The van der Waals surface area contributed by atoms with Crippen LogP contribution in [-0.2, 0) is 24.3 Å². The van der Waals surface area contributed by atoms with Crippen molar-refractivity contribution < 1.29 is 27.1 Å². The molecule has 1 aromatic rings. The van der Waals surface area contributed by atoms with Crippen molar-refractivity contribution in [1.29, 1.82) is 0 Å². The number of ether oxygens (including phenoxy) is 2. The molecule has 1 aromatic carbocycles. The number of carbonyl (C=O) groups is 1. The van der Waals surface area contributed by atoms with Gasteiger partial charge in [-0.05, 0) is 62.1 Å². The minimum absolute atomic E-state index is 0.0934. The Labute approximate surface area is 196 Å². The van der Waals surface area contributed by atoms with E-state index in [0.717, 1.165) is 37.7 Å². The summed E-state index contributed by atoms with van der Waals surface area (Å²) in [5.74, 6) is 0.0585. The van der Waals surface area contributed by atoms with Crippen molar-refractivity contribution in [3.63, 3.8) is 0 Å². The molecule has 0 radical (unpaired) electrons. The number of likely N-dealkylation sites (tertiary alicyclic amines) is 1. The Hall–Kier alpha value is -1.55. The molecule has 2 aliphatic heterocycles. The molecule has 1 aliphatic carbocycles. The molecule has 2 heterocycles. The van der Waals surface area contributed by atoms with Crippen LogP contribution in [-0.4, -0.2) is 70.5 Å². The van der Waals surface area contributed by atoms with E-state index in [-0.39, 0.29) is 35.7 Å². The Balaban J connectivity index is 1.32. The first kappa shape index (κ1) is 24.6. The molecular weight excluding hydrogens is 447 g/mol. The summed E-state index contributed by atoms with van der Waals surface area (Å²) < 4.78 is 51.7. The number of nitrogens with one attached hydrogen (secondary N) is 1. The van der Waals surface area contributed by atoms with E-state index in [1.54, 1.807) is 12.1 Å². The lowest BCUT2D eigenvalue weighted by molar-refractivity contribution is -0.138. The number of sulfonamides is 1. The van der Waals surface area contributed by atoms with Crippen LogP contribution in [0.2, 0.25) is 0 Å². The number of rotatable bonds is 7. The molecule has 33 heavy (non-hydrogen) atoms. The van der Waals surface area contributed by atoms with Gasteiger partial charge in [-0.3, -0.25) is 4.79 Å². The third-order valence-electron chi connectivity index (χ3n) is 7.23. The Kier molecular flexibility index (Phi) is 8.04. The van der Waals surface area contributed by atoms with Crippen LogP contribution in [0.5, 0.6) is 0 Å². The Morgan fingerprint density at radius 2 is 2.00 bits per heavy atom. The predicted molar refractivity (Wildman–Crippen MR) is 123 cm³/mol. The third-order valence-corrected chi connectivity index (χ3v) is 7.96. The molecule has 184 valence electrons. The summed E-state index contributed by atoms with van der Waals surface area (Å²) in [6.45, 7) is 2.52. The molecule has 1 amide bonds. The SMILES string of the molecule is CS(=O)(=O)NC1CCN(C(=O)[C@@H]2CCOC2)CC1COC1CCC(c2cccc(F)c2)CC1. The van der Waals surface area contributed by atoms with Gasteiger partial charge < -0.3 is 14.4 Å². The highest BCUT2D eigenvalue weighted by atomic mass is 32.2. The maximum atomic E-state index is 13.6. The quantitative estimate of drug-likeness (QED) is 0.646. The van der Waals surface area contributed by atoms with Gasteiger partial charge in [-0.2, -0.15) is 0 Å². The highest BCUT2D eigenvalue weighted by Crippen LogP contribution is 2.35. The van der Waals surface area contributed by atoms with Crippen LogP contribution in [0.1, 0.15) is 50.0 Å². The largest absolute Gasteiger partial charge is 0.381 e. The number of hydrogen-bond acceptors (Lipinski definition) is 5. The lowest BCUT2D eigenvalue weighted by Gasteiger charge is -2.40. The van der Waals surface area contributed by atoms with Crippen LogP contribution in [0.25, 0.3) is 0 Å². The zero-order valence-electron chi connectivity index (χ0n) is 19.2. The zero-order chi connectivity index (χ0) is 23.4. The Bertz CT molecular complexity index is 913. The van der Waals surface area contributed by atoms with Gasteiger partial charge in [0.05, 0.1) is 31.5 Å². The second-order valence-corrected chi connectivity index (χ2v) is 11.5. The van der Waals surface area contributed by atoms with Crippen molar-refractivity contribution in [3.8, 4) is 0 Å². The number of piperidine rings is 1. The second kappa shape index (κ2) is 10.8. The molecule has 3 fully saturated rings. The van der Waals surface area contributed by atoms with Crippen molar-refractivity contribution in [3.05, 3.63) is 35.6 Å². The van der Waals surface area contributed by atoms with Gasteiger partial charge in [0, 0.05) is 31.7 Å². The van der Waals surface area contributed by atoms with E-state index in [1.807, 2.05) is 11.0 Å². The molecule has 2 saturated heterocycles. The maximum Gasteiger partial charge on any atom is 0.228 e. The van der Waals surface area contributed by atoms with Crippen LogP contribution in [0.4, 0.5) is 4.39 Å². The summed E-state index contributed by atoms with van der Waals surface area (Å²) in [5.41, 5.74) is 1.04. The second-order valence-electron chi connectivity index (χ2n) is 9.75. The number of benzene rings is 1. The van der Waals surface area contributed by atoms with Crippen LogP contribution >= 0.6 is 0 Å². The van der Waals surface area contributed by atoms with Gasteiger partial charge in [0.15, 0.2) is 0 Å². The Morgan fingerprint density at radius 3 is 2.67 bits per heavy atom. The van der Waals surface area contributed by atoms with Gasteiger partial charge in [0.25, 0.3) is 0 Å². The molecule has 7 nitrogen and oxygen atoms in total. The average molecular weight is 483 g/mol. The molecule has 0 bridgehead atoms. The van der Waals surface area contributed by atoms with Gasteiger partial charge in [0.2, 0.25) is 15.9 Å². The molecule has 2 unspecified atom stereocenters. The number of carbonyl (C=O) groups excluding carboxylic acids is 1. The van der Waals surface area contributed by atoms with Crippen LogP contribution in [0, 0.1) is 17.7 Å². The van der Waals surface area contributed by atoms with Crippen LogP contribution in [0.15, 0.2) is 24.3 Å². The molecule has 3 aliphatic rings. The number of halogens is 1. The lowest BCUT2D eigenvalue weighted by Crippen LogP contribution is -2.54. The molecule has 1 saturated carbocycles. The normalized spacial score (nSPS) is 31.0. The minimum atomic E-state index is -3.35. The number of hydrogen-bond donors (Lipinski definition) is 1. The third kappa shape index (κ3) is 6.74. The fourth-order valence-electron chi connectivity index (χ4n) is 5.40. The first-order valence-electron chi connectivity index (χ1n) is 12.0. The first-order chi connectivity index (χ1) is 15.8. The van der Waals surface area contributed by atoms with Crippen molar-refractivity contribution in [1.82, 2.24) is 9.62 Å². The van der Waals surface area contributed by atoms with E-state index in [1.165, 1.54) is 12.3 Å². The van der Waals surface area contributed by atoms with Gasteiger partial charge in [0.1, 0.15) is 5.82 Å². The highest BCUT2D eigenvalue weighted by molar-refractivity contribution is 7.88.